The highest BCUT2D eigenvalue weighted by Crippen LogP contribution is 2.55. The number of hydrogen-bond acceptors (Lipinski definition) is 4. The molecule has 0 saturated heterocycles. The average molecular weight is 526 g/mol. The highest BCUT2D eigenvalue weighted by molar-refractivity contribution is 5.82. The van der Waals surface area contributed by atoms with Crippen LogP contribution in [0.4, 0.5) is 79.0 Å². The first kappa shape index (κ1) is 29.7. The zero-order chi connectivity index (χ0) is 26.6. The summed E-state index contributed by atoms with van der Waals surface area (Å²) in [5, 5.41) is 0. The van der Waals surface area contributed by atoms with E-state index in [1.54, 1.807) is 0 Å². The molecule has 0 bridgehead atoms. The van der Waals surface area contributed by atoms with Gasteiger partial charge in [0.15, 0.2) is 0 Å². The van der Waals surface area contributed by atoms with Gasteiger partial charge in [-0.15, -0.1) is 0 Å². The van der Waals surface area contributed by atoms with Gasteiger partial charge in [-0.25, -0.2) is 19.4 Å². The van der Waals surface area contributed by atoms with Crippen LogP contribution in [0.1, 0.15) is 0 Å². The molecule has 0 saturated carbocycles. The van der Waals surface area contributed by atoms with E-state index in [-0.39, 0.29) is 0 Å². The Kier molecular flexibility index (Phi) is 7.07. The van der Waals surface area contributed by atoms with Crippen molar-refractivity contribution >= 4 is 11.9 Å². The fourth-order valence-electron chi connectivity index (χ4n) is 1.19. The lowest BCUT2D eigenvalue weighted by Gasteiger charge is -2.32. The van der Waals surface area contributed by atoms with Crippen molar-refractivity contribution in [2.24, 2.45) is 0 Å². The van der Waals surface area contributed by atoms with E-state index in [1.807, 2.05) is 9.78 Å². The van der Waals surface area contributed by atoms with Gasteiger partial charge in [0.05, 0.1) is 0 Å². The Balaban J connectivity index is 5.82. The SMILES string of the molecule is O=C(OOC(=O)C(F)(F)C(F)(F)C(F)(F)C(F)(F)F)C(F)(F)C(F)(F)C(F)(F)C(F)(F)F. The van der Waals surface area contributed by atoms with Crippen molar-refractivity contribution in [2.75, 3.05) is 0 Å². The van der Waals surface area contributed by atoms with Crippen LogP contribution in [-0.2, 0) is 19.4 Å². The van der Waals surface area contributed by atoms with Crippen molar-refractivity contribution in [3.05, 3.63) is 0 Å². The summed E-state index contributed by atoms with van der Waals surface area (Å²) in [7, 11) is 0. The summed E-state index contributed by atoms with van der Waals surface area (Å²) in [5.74, 6) is -55.3. The van der Waals surface area contributed by atoms with Crippen molar-refractivity contribution in [1.29, 1.82) is 0 Å². The first-order chi connectivity index (χ1) is 13.5. The third kappa shape index (κ3) is 4.18. The van der Waals surface area contributed by atoms with E-state index in [0.717, 1.165) is 0 Å². The molecule has 0 aromatic rings. The van der Waals surface area contributed by atoms with Crippen LogP contribution in [0.25, 0.3) is 0 Å². The largest absolute Gasteiger partial charge is 0.460 e. The number of carbonyl (C=O) groups excluding carboxylic acids is 2. The molecule has 0 spiro atoms. The summed E-state index contributed by atoms with van der Waals surface area (Å²) >= 11 is 0. The third-order valence-corrected chi connectivity index (χ3v) is 3.00. The van der Waals surface area contributed by atoms with Crippen LogP contribution < -0.4 is 0 Å². The van der Waals surface area contributed by atoms with Gasteiger partial charge in [0, 0.05) is 0 Å². The highest BCUT2D eigenvalue weighted by Gasteiger charge is 2.86. The lowest BCUT2D eigenvalue weighted by Crippen LogP contribution is -2.64. The topological polar surface area (TPSA) is 52.6 Å². The summed E-state index contributed by atoms with van der Waals surface area (Å²) in [6, 6.07) is 0. The predicted octanol–water partition coefficient (Wildman–Crippen LogP) is 4.92. The molecule has 0 atom stereocenters. The Bertz CT molecular complexity index is 669. The van der Waals surface area contributed by atoms with Crippen LogP contribution >= 0.6 is 0 Å². The Hall–Kier alpha value is -2.32. The summed E-state index contributed by atoms with van der Waals surface area (Å²) in [6.07, 6.45) is -15.0. The van der Waals surface area contributed by atoms with Gasteiger partial charge in [0.1, 0.15) is 0 Å². The Morgan fingerprint density at radius 3 is 0.719 bits per heavy atom. The first-order valence-corrected chi connectivity index (χ1v) is 6.38. The lowest BCUT2D eigenvalue weighted by molar-refractivity contribution is -0.402. The number of hydrogen-bond donors (Lipinski definition) is 0. The minimum absolute atomic E-state index is 1.98. The van der Waals surface area contributed by atoms with Gasteiger partial charge in [-0.2, -0.15) is 79.0 Å². The minimum Gasteiger partial charge on any atom is -0.240 e. The summed E-state index contributed by atoms with van der Waals surface area (Å²) in [4.78, 5) is 25.0. The average Bonchev–Trinajstić information content (AvgIpc) is 2.56. The molecule has 0 heterocycles. The normalized spacial score (nSPS) is 15.4. The quantitative estimate of drug-likeness (QED) is 0.280. The lowest BCUT2D eigenvalue weighted by atomic mass is 10.0. The van der Waals surface area contributed by atoms with E-state index < -0.39 is 59.8 Å². The molecule has 0 unspecified atom stereocenters. The molecule has 190 valence electrons. The molecular weight excluding hydrogens is 526 g/mol. The fourth-order valence-corrected chi connectivity index (χ4v) is 1.19. The maximum Gasteiger partial charge on any atom is 0.460 e. The van der Waals surface area contributed by atoms with Gasteiger partial charge < -0.3 is 0 Å². The molecule has 0 radical (unpaired) electrons. The molecule has 22 heteroatoms. The molecular formula is C10F18O4. The van der Waals surface area contributed by atoms with Gasteiger partial charge in [-0.3, -0.25) is 0 Å². The molecule has 0 N–H and O–H groups in total. The van der Waals surface area contributed by atoms with Crippen molar-refractivity contribution in [3.63, 3.8) is 0 Å². The number of rotatable bonds is 6. The van der Waals surface area contributed by atoms with E-state index in [4.69, 9.17) is 0 Å². The molecule has 0 aromatic heterocycles. The van der Waals surface area contributed by atoms with Crippen LogP contribution in [0.5, 0.6) is 0 Å². The van der Waals surface area contributed by atoms with Gasteiger partial charge >= 0.3 is 59.8 Å². The minimum atomic E-state index is -7.84. The van der Waals surface area contributed by atoms with Crippen LogP contribution in [-0.4, -0.2) is 59.8 Å². The zero-order valence-corrected chi connectivity index (χ0v) is 13.4. The monoisotopic (exact) mass is 526 g/mol. The second-order valence-corrected chi connectivity index (χ2v) is 5.18. The number of alkyl halides is 18. The van der Waals surface area contributed by atoms with Crippen LogP contribution in [0.3, 0.4) is 0 Å². The summed E-state index contributed by atoms with van der Waals surface area (Å²) in [6.45, 7) is 0. The van der Waals surface area contributed by atoms with E-state index in [9.17, 15) is 88.6 Å². The number of halogens is 18. The van der Waals surface area contributed by atoms with Crippen LogP contribution in [0.2, 0.25) is 0 Å². The predicted molar refractivity (Wildman–Crippen MR) is 54.0 cm³/mol. The fraction of sp³-hybridized carbons (Fsp3) is 0.800. The second kappa shape index (κ2) is 7.63. The van der Waals surface area contributed by atoms with Crippen LogP contribution in [0, 0.1) is 0 Å². The second-order valence-electron chi connectivity index (χ2n) is 5.18. The molecule has 32 heavy (non-hydrogen) atoms. The molecule has 0 aromatic carbocycles. The van der Waals surface area contributed by atoms with Crippen LogP contribution in [0.15, 0.2) is 0 Å². The number of carbonyl (C=O) groups is 2. The van der Waals surface area contributed by atoms with E-state index >= 15 is 0 Å². The maximum absolute atomic E-state index is 12.9. The smallest absolute Gasteiger partial charge is 0.240 e. The first-order valence-electron chi connectivity index (χ1n) is 6.38. The molecule has 0 amide bonds. The van der Waals surface area contributed by atoms with Gasteiger partial charge in [-0.1, -0.05) is 0 Å². The molecule has 4 nitrogen and oxygen atoms in total. The van der Waals surface area contributed by atoms with Gasteiger partial charge in [-0.05, 0) is 0 Å². The molecule has 0 aliphatic heterocycles. The van der Waals surface area contributed by atoms with E-state index in [1.165, 1.54) is 0 Å². The maximum atomic E-state index is 12.9. The Morgan fingerprint density at radius 2 is 0.562 bits per heavy atom. The molecule has 0 fully saturated rings. The van der Waals surface area contributed by atoms with E-state index in [2.05, 4.69) is 0 Å². The van der Waals surface area contributed by atoms with Crippen molar-refractivity contribution in [3.8, 4) is 0 Å². The van der Waals surface area contributed by atoms with Gasteiger partial charge in [0.25, 0.3) is 0 Å². The molecule has 0 rings (SSSR count). The summed E-state index contributed by atoms with van der Waals surface area (Å²) < 4.78 is 224. The standard InChI is InChI=1S/C10F18O4/c11-3(12,5(15,16)7(19,20)9(23,24)25)1(29)31-32-2(30)4(13,14)6(17,18)8(21,22)10(26,27)28. The third-order valence-electron chi connectivity index (χ3n) is 3.00. The van der Waals surface area contributed by atoms with Crippen molar-refractivity contribution in [1.82, 2.24) is 0 Å². The van der Waals surface area contributed by atoms with E-state index in [0.29, 0.717) is 0 Å². The highest BCUT2D eigenvalue weighted by atomic mass is 19.4. The van der Waals surface area contributed by atoms with Gasteiger partial charge in [0.2, 0.25) is 0 Å². The van der Waals surface area contributed by atoms with Crippen molar-refractivity contribution < 1.29 is 98.4 Å². The molecule has 0 aliphatic rings. The Morgan fingerprint density at radius 1 is 0.375 bits per heavy atom. The Labute approximate surface area is 159 Å². The zero-order valence-electron chi connectivity index (χ0n) is 13.4. The summed E-state index contributed by atoms with van der Waals surface area (Å²) in [5.41, 5.74) is 0. The van der Waals surface area contributed by atoms with Crippen molar-refractivity contribution in [2.45, 2.75) is 47.9 Å². The molecule has 0 aliphatic carbocycles.